The standard InChI is InChI=1S/C21H17Cl3N4O/c1-2-20(29)27-5-7-28(8-6-27)21-16-10-15(14-4-3-13(22)9-17(14)23)18(24)11-19(16)25-12-26-21/h2-4,9-12H,1,5-8H2. The summed E-state index contributed by atoms with van der Waals surface area (Å²) in [4.78, 5) is 24.7. The summed E-state index contributed by atoms with van der Waals surface area (Å²) in [5.41, 5.74) is 2.33. The number of carbonyl (C=O) groups is 1. The number of aromatic nitrogens is 2. The van der Waals surface area contributed by atoms with Crippen LogP contribution in [0.5, 0.6) is 0 Å². The van der Waals surface area contributed by atoms with Crippen LogP contribution >= 0.6 is 34.8 Å². The first-order chi connectivity index (χ1) is 14.0. The van der Waals surface area contributed by atoms with Crippen LogP contribution in [0.2, 0.25) is 15.1 Å². The quantitative estimate of drug-likeness (QED) is 0.525. The minimum atomic E-state index is -0.0522. The highest BCUT2D eigenvalue weighted by Crippen LogP contribution is 2.38. The Hall–Kier alpha value is -2.34. The molecule has 0 radical (unpaired) electrons. The molecule has 0 spiro atoms. The Morgan fingerprint density at radius 1 is 0.966 bits per heavy atom. The number of anilines is 1. The Bertz CT molecular complexity index is 1110. The predicted molar refractivity (Wildman–Crippen MR) is 119 cm³/mol. The van der Waals surface area contributed by atoms with Gasteiger partial charge in [0.15, 0.2) is 0 Å². The van der Waals surface area contributed by atoms with Gasteiger partial charge >= 0.3 is 0 Å². The Morgan fingerprint density at radius 2 is 1.69 bits per heavy atom. The minimum Gasteiger partial charge on any atom is -0.352 e. The zero-order chi connectivity index (χ0) is 20.5. The van der Waals surface area contributed by atoms with Crippen molar-refractivity contribution in [3.63, 3.8) is 0 Å². The van der Waals surface area contributed by atoms with Gasteiger partial charge in [0, 0.05) is 52.7 Å². The molecule has 0 saturated carbocycles. The van der Waals surface area contributed by atoms with E-state index in [9.17, 15) is 4.79 Å². The van der Waals surface area contributed by atoms with E-state index < -0.39 is 0 Å². The molecule has 1 aliphatic rings. The van der Waals surface area contributed by atoms with E-state index in [2.05, 4.69) is 21.4 Å². The lowest BCUT2D eigenvalue weighted by molar-refractivity contribution is -0.126. The maximum atomic E-state index is 11.8. The third-order valence-electron chi connectivity index (χ3n) is 4.99. The van der Waals surface area contributed by atoms with E-state index in [1.54, 1.807) is 17.0 Å². The van der Waals surface area contributed by atoms with E-state index in [0.717, 1.165) is 27.8 Å². The maximum absolute atomic E-state index is 11.8. The van der Waals surface area contributed by atoms with Gasteiger partial charge in [-0.2, -0.15) is 0 Å². The van der Waals surface area contributed by atoms with Crippen molar-refractivity contribution in [3.8, 4) is 11.1 Å². The molecule has 3 aromatic rings. The molecule has 0 unspecified atom stereocenters. The zero-order valence-electron chi connectivity index (χ0n) is 15.4. The predicted octanol–water partition coefficient (Wildman–Crippen LogP) is 5.09. The summed E-state index contributed by atoms with van der Waals surface area (Å²) in [5, 5.41) is 2.51. The van der Waals surface area contributed by atoms with Crippen molar-refractivity contribution in [2.24, 2.45) is 0 Å². The topological polar surface area (TPSA) is 49.3 Å². The molecule has 1 aliphatic heterocycles. The van der Waals surface area contributed by atoms with Crippen molar-refractivity contribution in [2.45, 2.75) is 0 Å². The van der Waals surface area contributed by atoms with Gasteiger partial charge in [-0.15, -0.1) is 0 Å². The van der Waals surface area contributed by atoms with E-state index in [4.69, 9.17) is 34.8 Å². The number of hydrogen-bond donors (Lipinski definition) is 0. The van der Waals surface area contributed by atoms with Gasteiger partial charge in [0.05, 0.1) is 10.5 Å². The molecule has 148 valence electrons. The second kappa shape index (κ2) is 8.19. The molecule has 1 aromatic heterocycles. The molecule has 4 rings (SSSR count). The maximum Gasteiger partial charge on any atom is 0.246 e. The Morgan fingerprint density at radius 3 is 2.38 bits per heavy atom. The van der Waals surface area contributed by atoms with Crippen molar-refractivity contribution >= 4 is 57.4 Å². The second-order valence-electron chi connectivity index (χ2n) is 6.69. The molecule has 0 bridgehead atoms. The van der Waals surface area contributed by atoms with Gasteiger partial charge in [0.25, 0.3) is 0 Å². The van der Waals surface area contributed by atoms with Gasteiger partial charge in [0.1, 0.15) is 12.1 Å². The van der Waals surface area contributed by atoms with Crippen LogP contribution in [0.15, 0.2) is 49.3 Å². The van der Waals surface area contributed by atoms with Crippen LogP contribution in [0.25, 0.3) is 22.0 Å². The van der Waals surface area contributed by atoms with Crippen molar-refractivity contribution in [2.75, 3.05) is 31.1 Å². The van der Waals surface area contributed by atoms with Gasteiger partial charge in [-0.25, -0.2) is 9.97 Å². The van der Waals surface area contributed by atoms with Crippen LogP contribution < -0.4 is 4.90 Å². The highest BCUT2D eigenvalue weighted by molar-refractivity contribution is 6.38. The lowest BCUT2D eigenvalue weighted by Gasteiger charge is -2.35. The molecular formula is C21H17Cl3N4O. The monoisotopic (exact) mass is 446 g/mol. The highest BCUT2D eigenvalue weighted by atomic mass is 35.5. The number of amides is 1. The largest absolute Gasteiger partial charge is 0.352 e. The molecule has 0 atom stereocenters. The fourth-order valence-corrected chi connectivity index (χ4v) is 4.27. The minimum absolute atomic E-state index is 0.0522. The van der Waals surface area contributed by atoms with Crippen LogP contribution in [0, 0.1) is 0 Å². The summed E-state index contributed by atoms with van der Waals surface area (Å²) in [6, 6.07) is 9.10. The number of hydrogen-bond acceptors (Lipinski definition) is 4. The highest BCUT2D eigenvalue weighted by Gasteiger charge is 2.22. The summed E-state index contributed by atoms with van der Waals surface area (Å²) in [6.07, 6.45) is 2.88. The number of fused-ring (bicyclic) bond motifs is 1. The molecule has 2 heterocycles. The van der Waals surface area contributed by atoms with Gasteiger partial charge < -0.3 is 9.80 Å². The molecule has 2 aromatic carbocycles. The Balaban J connectivity index is 1.75. The lowest BCUT2D eigenvalue weighted by atomic mass is 10.0. The van der Waals surface area contributed by atoms with Crippen LogP contribution in [0.3, 0.4) is 0 Å². The molecule has 1 fully saturated rings. The Labute approximate surface area is 183 Å². The van der Waals surface area contributed by atoms with Crippen molar-refractivity contribution in [1.29, 1.82) is 0 Å². The van der Waals surface area contributed by atoms with Crippen molar-refractivity contribution < 1.29 is 4.79 Å². The third kappa shape index (κ3) is 3.90. The molecule has 29 heavy (non-hydrogen) atoms. The van der Waals surface area contributed by atoms with Crippen molar-refractivity contribution in [1.82, 2.24) is 14.9 Å². The number of rotatable bonds is 3. The molecule has 8 heteroatoms. The van der Waals surface area contributed by atoms with Gasteiger partial charge in [-0.1, -0.05) is 47.4 Å². The van der Waals surface area contributed by atoms with Crippen molar-refractivity contribution in [3.05, 3.63) is 64.4 Å². The van der Waals surface area contributed by atoms with Gasteiger partial charge in [0.2, 0.25) is 5.91 Å². The van der Waals surface area contributed by atoms with Gasteiger partial charge in [-0.05, 0) is 30.3 Å². The molecule has 1 amide bonds. The first-order valence-electron chi connectivity index (χ1n) is 9.04. The van der Waals surface area contributed by atoms with Crippen LogP contribution in [0.1, 0.15) is 0 Å². The molecular weight excluding hydrogens is 431 g/mol. The third-order valence-corrected chi connectivity index (χ3v) is 5.85. The first-order valence-corrected chi connectivity index (χ1v) is 10.2. The second-order valence-corrected chi connectivity index (χ2v) is 7.94. The van der Waals surface area contributed by atoms with Gasteiger partial charge in [-0.3, -0.25) is 4.79 Å². The smallest absolute Gasteiger partial charge is 0.246 e. The summed E-state index contributed by atoms with van der Waals surface area (Å²) < 4.78 is 0. The number of halogens is 3. The lowest BCUT2D eigenvalue weighted by Crippen LogP contribution is -2.48. The number of piperazine rings is 1. The average molecular weight is 448 g/mol. The Kier molecular flexibility index (Phi) is 5.63. The molecule has 0 N–H and O–H groups in total. The fraction of sp³-hybridized carbons (Fsp3) is 0.190. The van der Waals surface area contributed by atoms with E-state index in [1.165, 1.54) is 12.4 Å². The first kappa shape index (κ1) is 20.0. The fourth-order valence-electron chi connectivity index (χ4n) is 3.50. The van der Waals surface area contributed by atoms with E-state index in [1.807, 2.05) is 18.2 Å². The van der Waals surface area contributed by atoms with Crippen LogP contribution in [-0.2, 0) is 4.79 Å². The van der Waals surface area contributed by atoms with E-state index in [0.29, 0.717) is 41.2 Å². The zero-order valence-corrected chi connectivity index (χ0v) is 17.7. The summed E-state index contributed by atoms with van der Waals surface area (Å²) in [6.45, 7) is 6.12. The van der Waals surface area contributed by atoms with Crippen LogP contribution in [-0.4, -0.2) is 47.0 Å². The van der Waals surface area contributed by atoms with E-state index >= 15 is 0 Å². The molecule has 0 aliphatic carbocycles. The summed E-state index contributed by atoms with van der Waals surface area (Å²) in [7, 11) is 0. The van der Waals surface area contributed by atoms with Crippen LogP contribution in [0.4, 0.5) is 5.82 Å². The average Bonchev–Trinajstić information content (AvgIpc) is 2.73. The molecule has 5 nitrogen and oxygen atoms in total. The van der Waals surface area contributed by atoms with E-state index in [-0.39, 0.29) is 5.91 Å². The number of nitrogens with zero attached hydrogens (tertiary/aromatic N) is 4. The SMILES string of the molecule is C=CC(=O)N1CCN(c2ncnc3cc(Cl)c(-c4ccc(Cl)cc4Cl)cc23)CC1. The molecule has 1 saturated heterocycles. The number of carbonyl (C=O) groups excluding carboxylic acids is 1. The normalized spacial score (nSPS) is 14.3. The summed E-state index contributed by atoms with van der Waals surface area (Å²) in [5.74, 6) is 0.757. The summed E-state index contributed by atoms with van der Waals surface area (Å²) >= 11 is 19.0. The number of benzene rings is 2.